The lowest BCUT2D eigenvalue weighted by Gasteiger charge is -2.08. The molecule has 0 radical (unpaired) electrons. The second-order valence-corrected chi connectivity index (χ2v) is 9.10. The fraction of sp³-hybridized carbons (Fsp3) is 0.586. The van der Waals surface area contributed by atoms with E-state index in [1.165, 1.54) is 69.8 Å². The third-order valence-corrected chi connectivity index (χ3v) is 6.25. The summed E-state index contributed by atoms with van der Waals surface area (Å²) < 4.78 is 5.89. The van der Waals surface area contributed by atoms with Gasteiger partial charge in [0.25, 0.3) is 0 Å². The highest BCUT2D eigenvalue weighted by Crippen LogP contribution is 2.20. The molecule has 0 bridgehead atoms. The van der Waals surface area contributed by atoms with Gasteiger partial charge >= 0.3 is 0 Å². The van der Waals surface area contributed by atoms with Crippen molar-refractivity contribution in [3.63, 3.8) is 0 Å². The van der Waals surface area contributed by atoms with Crippen molar-refractivity contribution in [3.05, 3.63) is 54.9 Å². The van der Waals surface area contributed by atoms with E-state index in [1.54, 1.807) is 0 Å². The van der Waals surface area contributed by atoms with Crippen LogP contribution < -0.4 is 4.74 Å². The summed E-state index contributed by atoms with van der Waals surface area (Å²) in [6.07, 6.45) is 22.3. The predicted octanol–water partition coefficient (Wildman–Crippen LogP) is 8.59. The molecule has 32 heavy (non-hydrogen) atoms. The van der Waals surface area contributed by atoms with Crippen LogP contribution in [0.5, 0.6) is 5.75 Å². The lowest BCUT2D eigenvalue weighted by Crippen LogP contribution is -1.97. The first kappa shape index (κ1) is 26.1. The first-order valence-electron chi connectivity index (χ1n) is 12.9. The van der Waals surface area contributed by atoms with Gasteiger partial charge in [0.1, 0.15) is 5.75 Å². The molecule has 2 rings (SSSR count). The number of unbranched alkanes of at least 4 members (excludes halogenated alkanes) is 8. The van der Waals surface area contributed by atoms with E-state index in [4.69, 9.17) is 4.74 Å². The molecule has 1 atom stereocenters. The average Bonchev–Trinajstić information content (AvgIpc) is 2.83. The van der Waals surface area contributed by atoms with E-state index in [-0.39, 0.29) is 0 Å². The molecule has 0 spiro atoms. The van der Waals surface area contributed by atoms with Gasteiger partial charge in [0.2, 0.25) is 0 Å². The van der Waals surface area contributed by atoms with Gasteiger partial charge in [-0.25, -0.2) is 9.97 Å². The zero-order valence-corrected chi connectivity index (χ0v) is 20.5. The van der Waals surface area contributed by atoms with Crippen LogP contribution in [0.3, 0.4) is 0 Å². The van der Waals surface area contributed by atoms with Gasteiger partial charge in [0.05, 0.1) is 6.61 Å². The van der Waals surface area contributed by atoms with Crippen molar-refractivity contribution in [1.29, 1.82) is 0 Å². The number of hydrogen-bond donors (Lipinski definition) is 0. The van der Waals surface area contributed by atoms with Gasteiger partial charge in [-0.15, -0.1) is 6.58 Å². The Bertz CT molecular complexity index is 724. The van der Waals surface area contributed by atoms with Crippen LogP contribution in [0.25, 0.3) is 11.4 Å². The lowest BCUT2D eigenvalue weighted by atomic mass is 10.00. The maximum atomic E-state index is 5.89. The minimum absolute atomic E-state index is 0.786. The van der Waals surface area contributed by atoms with E-state index >= 15 is 0 Å². The van der Waals surface area contributed by atoms with Gasteiger partial charge in [-0.3, -0.25) is 0 Å². The third kappa shape index (κ3) is 10.9. The van der Waals surface area contributed by atoms with Crippen LogP contribution in [-0.4, -0.2) is 16.6 Å². The highest BCUT2D eigenvalue weighted by Gasteiger charge is 2.04. The normalized spacial score (nSPS) is 11.9. The van der Waals surface area contributed by atoms with Gasteiger partial charge in [0.15, 0.2) is 5.82 Å². The van der Waals surface area contributed by atoms with Gasteiger partial charge in [0, 0.05) is 18.0 Å². The van der Waals surface area contributed by atoms with Crippen molar-refractivity contribution in [2.75, 3.05) is 6.61 Å². The van der Waals surface area contributed by atoms with Gasteiger partial charge < -0.3 is 4.74 Å². The molecule has 0 aliphatic heterocycles. The molecular weight excluding hydrogens is 392 g/mol. The van der Waals surface area contributed by atoms with Gasteiger partial charge in [-0.2, -0.15) is 0 Å². The monoisotopic (exact) mass is 436 g/mol. The molecule has 0 saturated carbocycles. The first-order valence-corrected chi connectivity index (χ1v) is 12.9. The molecule has 3 heteroatoms. The van der Waals surface area contributed by atoms with Crippen molar-refractivity contribution in [3.8, 4) is 17.1 Å². The summed E-state index contributed by atoms with van der Waals surface area (Å²) in [5.41, 5.74) is 2.27. The number of ether oxygens (including phenoxy) is 1. The summed E-state index contributed by atoms with van der Waals surface area (Å²) in [6.45, 7) is 9.18. The largest absolute Gasteiger partial charge is 0.494 e. The van der Waals surface area contributed by atoms with Crippen LogP contribution >= 0.6 is 0 Å². The number of aryl methyl sites for hydroxylation is 1. The van der Waals surface area contributed by atoms with Crippen LogP contribution in [0, 0.1) is 5.92 Å². The van der Waals surface area contributed by atoms with E-state index < -0.39 is 0 Å². The molecule has 0 aliphatic rings. The first-order chi connectivity index (χ1) is 15.7. The minimum atomic E-state index is 0.786. The summed E-state index contributed by atoms with van der Waals surface area (Å²) in [7, 11) is 0. The van der Waals surface area contributed by atoms with Crippen LogP contribution in [0.4, 0.5) is 0 Å². The number of allylic oxidation sites excluding steroid dienone is 1. The Morgan fingerprint density at radius 3 is 2.22 bits per heavy atom. The molecule has 3 nitrogen and oxygen atoms in total. The molecule has 0 amide bonds. The number of nitrogens with zero attached hydrogens (tertiary/aromatic N) is 2. The zero-order chi connectivity index (χ0) is 22.9. The van der Waals surface area contributed by atoms with E-state index in [9.17, 15) is 0 Å². The second kappa shape index (κ2) is 16.5. The molecule has 1 aromatic carbocycles. The summed E-state index contributed by atoms with van der Waals surface area (Å²) in [4.78, 5) is 9.17. The number of benzene rings is 1. The van der Waals surface area contributed by atoms with E-state index in [0.29, 0.717) is 0 Å². The Labute approximate surface area is 196 Å². The average molecular weight is 437 g/mol. The molecular formula is C29H44N2O. The molecule has 0 aliphatic carbocycles. The van der Waals surface area contributed by atoms with Crippen LogP contribution in [0.15, 0.2) is 49.3 Å². The molecule has 0 fully saturated rings. The number of aromatic nitrogens is 2. The fourth-order valence-electron chi connectivity index (χ4n) is 3.82. The Kier molecular flexibility index (Phi) is 13.4. The predicted molar refractivity (Wildman–Crippen MR) is 137 cm³/mol. The van der Waals surface area contributed by atoms with E-state index in [2.05, 4.69) is 42.5 Å². The zero-order valence-electron chi connectivity index (χ0n) is 20.5. The van der Waals surface area contributed by atoms with Crippen molar-refractivity contribution in [2.45, 2.75) is 97.3 Å². The van der Waals surface area contributed by atoms with E-state index in [0.717, 1.165) is 48.9 Å². The topological polar surface area (TPSA) is 35.0 Å². The highest BCUT2D eigenvalue weighted by molar-refractivity contribution is 5.55. The molecule has 2 aromatic rings. The van der Waals surface area contributed by atoms with Gasteiger partial charge in [-0.05, 0) is 67.9 Å². The third-order valence-electron chi connectivity index (χ3n) is 6.25. The number of hydrogen-bond acceptors (Lipinski definition) is 3. The van der Waals surface area contributed by atoms with Crippen molar-refractivity contribution >= 4 is 0 Å². The lowest BCUT2D eigenvalue weighted by molar-refractivity contribution is 0.304. The second-order valence-electron chi connectivity index (χ2n) is 9.10. The summed E-state index contributed by atoms with van der Waals surface area (Å²) in [6, 6.07) is 8.16. The van der Waals surface area contributed by atoms with Gasteiger partial charge in [-0.1, -0.05) is 71.3 Å². The molecule has 1 heterocycles. The maximum absolute atomic E-state index is 5.89. The van der Waals surface area contributed by atoms with Crippen molar-refractivity contribution in [1.82, 2.24) is 9.97 Å². The molecule has 176 valence electrons. The minimum Gasteiger partial charge on any atom is -0.494 e. The molecule has 0 saturated heterocycles. The van der Waals surface area contributed by atoms with Crippen molar-refractivity contribution in [2.24, 2.45) is 5.92 Å². The van der Waals surface area contributed by atoms with Crippen LogP contribution in [0.1, 0.15) is 96.5 Å². The number of rotatable bonds is 18. The molecule has 0 N–H and O–H groups in total. The van der Waals surface area contributed by atoms with E-state index in [1.807, 2.05) is 30.6 Å². The standard InChI is InChI=1S/C29H44N2O/c1-4-6-7-8-9-10-11-15-22-32-28-20-18-27(19-21-28)29-30-23-26(24-31-29)17-14-12-13-16-25(3)5-2/h4,18-21,23-25H,1,5-17,22H2,2-3H3. The fourth-order valence-corrected chi connectivity index (χ4v) is 3.82. The smallest absolute Gasteiger partial charge is 0.159 e. The molecule has 1 unspecified atom stereocenters. The Morgan fingerprint density at radius 2 is 1.53 bits per heavy atom. The Balaban J connectivity index is 1.63. The summed E-state index contributed by atoms with van der Waals surface area (Å²) in [5, 5.41) is 0. The Morgan fingerprint density at radius 1 is 0.875 bits per heavy atom. The SMILES string of the molecule is C=CCCCCCCCCOc1ccc(-c2ncc(CCCCCC(C)CC)cn2)cc1. The quantitative estimate of drug-likeness (QED) is 0.173. The van der Waals surface area contributed by atoms with Crippen LogP contribution in [0.2, 0.25) is 0 Å². The summed E-state index contributed by atoms with van der Waals surface area (Å²) >= 11 is 0. The maximum Gasteiger partial charge on any atom is 0.159 e. The Hall–Kier alpha value is -2.16. The van der Waals surface area contributed by atoms with Crippen molar-refractivity contribution < 1.29 is 4.74 Å². The van der Waals surface area contributed by atoms with Crippen LogP contribution in [-0.2, 0) is 6.42 Å². The summed E-state index contributed by atoms with van der Waals surface area (Å²) in [5.74, 6) is 2.57. The molecule has 1 aromatic heterocycles. The highest BCUT2D eigenvalue weighted by atomic mass is 16.5.